The second-order valence-electron chi connectivity index (χ2n) is 8.30. The largest absolute Gasteiger partial charge is 0.348 e. The average molecular weight is 373 g/mol. The highest BCUT2D eigenvalue weighted by Gasteiger charge is 2.35. The van der Waals surface area contributed by atoms with E-state index in [-0.39, 0.29) is 41.2 Å². The minimum Gasteiger partial charge on any atom is -0.348 e. The Bertz CT molecular complexity index is 731. The molecule has 8 nitrogen and oxygen atoms in total. The van der Waals surface area contributed by atoms with Gasteiger partial charge in [-0.25, -0.2) is 9.97 Å². The minimum atomic E-state index is -0.605. The Morgan fingerprint density at radius 1 is 1.04 bits per heavy atom. The Labute approximate surface area is 159 Å². The van der Waals surface area contributed by atoms with E-state index in [1.54, 1.807) is 20.8 Å². The van der Waals surface area contributed by atoms with Crippen LogP contribution in [0.25, 0.3) is 0 Å². The molecular formula is C19H27N5O3. The van der Waals surface area contributed by atoms with Crippen LogP contribution in [0.3, 0.4) is 0 Å². The van der Waals surface area contributed by atoms with Gasteiger partial charge in [-0.1, -0.05) is 20.8 Å². The van der Waals surface area contributed by atoms with E-state index in [9.17, 15) is 14.4 Å². The number of nitrogens with one attached hydrogen (secondary N) is 2. The lowest BCUT2D eigenvalue weighted by molar-refractivity contribution is -0.133. The zero-order valence-electron chi connectivity index (χ0n) is 16.1. The monoisotopic (exact) mass is 373 g/mol. The van der Waals surface area contributed by atoms with Crippen molar-refractivity contribution < 1.29 is 14.4 Å². The minimum absolute atomic E-state index is 0.0195. The van der Waals surface area contributed by atoms with Gasteiger partial charge in [-0.05, 0) is 25.7 Å². The van der Waals surface area contributed by atoms with E-state index < -0.39 is 5.41 Å². The Kier molecular flexibility index (Phi) is 5.43. The molecule has 2 aliphatic rings. The van der Waals surface area contributed by atoms with Gasteiger partial charge < -0.3 is 15.5 Å². The number of anilines is 1. The second kappa shape index (κ2) is 7.62. The van der Waals surface area contributed by atoms with Crippen molar-refractivity contribution in [2.75, 3.05) is 18.4 Å². The summed E-state index contributed by atoms with van der Waals surface area (Å²) in [7, 11) is 0. The summed E-state index contributed by atoms with van der Waals surface area (Å²) < 4.78 is 0. The molecule has 27 heavy (non-hydrogen) atoms. The highest BCUT2D eigenvalue weighted by molar-refractivity contribution is 6.02. The number of aromatic nitrogens is 2. The lowest BCUT2D eigenvalue weighted by Crippen LogP contribution is -2.47. The van der Waals surface area contributed by atoms with Crippen LogP contribution in [0.1, 0.15) is 56.9 Å². The Hall–Kier alpha value is -2.51. The molecule has 0 unspecified atom stereocenters. The van der Waals surface area contributed by atoms with Crippen molar-refractivity contribution in [3.8, 4) is 0 Å². The SMILES string of the molecule is CC(C)(C)C(=O)Nc1nccnc1C(=O)NC1CCN(C(=O)C2CC2)CC1. The normalized spacial score (nSPS) is 18.1. The molecule has 0 bridgehead atoms. The summed E-state index contributed by atoms with van der Waals surface area (Å²) >= 11 is 0. The number of carbonyl (C=O) groups excluding carboxylic acids is 3. The molecule has 1 aromatic rings. The average Bonchev–Trinajstić information content (AvgIpc) is 3.46. The molecule has 3 rings (SSSR count). The van der Waals surface area contributed by atoms with Gasteiger partial charge in [0.2, 0.25) is 11.8 Å². The van der Waals surface area contributed by atoms with Crippen LogP contribution in [0, 0.1) is 11.3 Å². The fourth-order valence-corrected chi connectivity index (χ4v) is 2.98. The van der Waals surface area contributed by atoms with Gasteiger partial charge in [0.1, 0.15) is 0 Å². The van der Waals surface area contributed by atoms with Gasteiger partial charge in [-0.3, -0.25) is 14.4 Å². The first kappa shape index (κ1) is 19.3. The number of carbonyl (C=O) groups is 3. The first-order chi connectivity index (χ1) is 12.8. The Morgan fingerprint density at radius 3 is 2.26 bits per heavy atom. The van der Waals surface area contributed by atoms with Crippen LogP contribution in [0.2, 0.25) is 0 Å². The first-order valence-electron chi connectivity index (χ1n) is 9.48. The van der Waals surface area contributed by atoms with Crippen molar-refractivity contribution in [1.82, 2.24) is 20.2 Å². The quantitative estimate of drug-likeness (QED) is 0.834. The van der Waals surface area contributed by atoms with E-state index in [2.05, 4.69) is 20.6 Å². The number of rotatable bonds is 4. The van der Waals surface area contributed by atoms with Crippen molar-refractivity contribution in [1.29, 1.82) is 0 Å². The maximum Gasteiger partial charge on any atom is 0.273 e. The van der Waals surface area contributed by atoms with Crippen molar-refractivity contribution >= 4 is 23.5 Å². The zero-order chi connectivity index (χ0) is 19.6. The second-order valence-corrected chi connectivity index (χ2v) is 8.30. The first-order valence-corrected chi connectivity index (χ1v) is 9.48. The predicted octanol–water partition coefficient (Wildman–Crippen LogP) is 1.59. The molecule has 146 valence electrons. The third-order valence-corrected chi connectivity index (χ3v) is 4.89. The molecule has 2 N–H and O–H groups in total. The standard InChI is InChI=1S/C19H27N5O3/c1-19(2,3)18(27)23-15-14(20-8-9-21-15)16(25)22-13-6-10-24(11-7-13)17(26)12-4-5-12/h8-9,12-13H,4-7,10-11H2,1-3H3,(H,22,25)(H,21,23,27). The van der Waals surface area contributed by atoms with Crippen LogP contribution in [-0.4, -0.2) is 51.7 Å². The summed E-state index contributed by atoms with van der Waals surface area (Å²) in [5, 5.41) is 5.64. The predicted molar refractivity (Wildman–Crippen MR) is 99.9 cm³/mol. The number of hydrogen-bond donors (Lipinski definition) is 2. The molecule has 0 radical (unpaired) electrons. The summed E-state index contributed by atoms with van der Waals surface area (Å²) in [6.07, 6.45) is 6.31. The third-order valence-electron chi connectivity index (χ3n) is 4.89. The van der Waals surface area contributed by atoms with E-state index in [0.717, 1.165) is 12.8 Å². The highest BCUT2D eigenvalue weighted by Crippen LogP contribution is 2.32. The Morgan fingerprint density at radius 2 is 1.67 bits per heavy atom. The highest BCUT2D eigenvalue weighted by atomic mass is 16.2. The van der Waals surface area contributed by atoms with Gasteiger partial charge in [0, 0.05) is 42.9 Å². The van der Waals surface area contributed by atoms with Crippen molar-refractivity contribution in [3.63, 3.8) is 0 Å². The molecule has 2 fully saturated rings. The van der Waals surface area contributed by atoms with Crippen molar-refractivity contribution in [3.05, 3.63) is 18.1 Å². The van der Waals surface area contributed by atoms with E-state index in [1.165, 1.54) is 12.4 Å². The zero-order valence-corrected chi connectivity index (χ0v) is 16.1. The van der Waals surface area contributed by atoms with E-state index in [1.807, 2.05) is 4.90 Å². The molecule has 1 aliphatic carbocycles. The summed E-state index contributed by atoms with van der Waals surface area (Å²) in [6.45, 7) is 6.68. The smallest absolute Gasteiger partial charge is 0.273 e. The Balaban J connectivity index is 1.58. The van der Waals surface area contributed by atoms with Gasteiger partial charge in [-0.2, -0.15) is 0 Å². The van der Waals surface area contributed by atoms with Gasteiger partial charge in [0.25, 0.3) is 5.91 Å². The molecule has 1 aromatic heterocycles. The molecule has 3 amide bonds. The molecule has 0 atom stereocenters. The van der Waals surface area contributed by atoms with Gasteiger partial charge in [-0.15, -0.1) is 0 Å². The molecule has 1 saturated heterocycles. The van der Waals surface area contributed by atoms with Crippen LogP contribution in [0.5, 0.6) is 0 Å². The van der Waals surface area contributed by atoms with Crippen LogP contribution in [-0.2, 0) is 9.59 Å². The van der Waals surface area contributed by atoms with Crippen LogP contribution < -0.4 is 10.6 Å². The summed E-state index contributed by atoms with van der Waals surface area (Å²) in [5.41, 5.74) is -0.502. The van der Waals surface area contributed by atoms with Crippen molar-refractivity contribution in [2.24, 2.45) is 11.3 Å². The van der Waals surface area contributed by atoms with Gasteiger partial charge in [0.15, 0.2) is 11.5 Å². The van der Waals surface area contributed by atoms with Gasteiger partial charge in [0.05, 0.1) is 0 Å². The molecular weight excluding hydrogens is 346 g/mol. The van der Waals surface area contributed by atoms with Gasteiger partial charge >= 0.3 is 0 Å². The van der Waals surface area contributed by atoms with Crippen LogP contribution in [0.4, 0.5) is 5.82 Å². The number of piperidine rings is 1. The number of nitrogens with zero attached hydrogens (tertiary/aromatic N) is 3. The maximum atomic E-state index is 12.7. The molecule has 8 heteroatoms. The molecule has 1 aliphatic heterocycles. The summed E-state index contributed by atoms with van der Waals surface area (Å²) in [5.74, 6) is 0.0464. The van der Waals surface area contributed by atoms with Crippen LogP contribution >= 0.6 is 0 Å². The lowest BCUT2D eigenvalue weighted by Gasteiger charge is -2.32. The molecule has 1 saturated carbocycles. The lowest BCUT2D eigenvalue weighted by atomic mass is 9.96. The van der Waals surface area contributed by atoms with Crippen LogP contribution in [0.15, 0.2) is 12.4 Å². The third kappa shape index (κ3) is 4.81. The van der Waals surface area contributed by atoms with E-state index in [4.69, 9.17) is 0 Å². The van der Waals surface area contributed by atoms with E-state index >= 15 is 0 Å². The summed E-state index contributed by atoms with van der Waals surface area (Å²) in [4.78, 5) is 47.1. The fourth-order valence-electron chi connectivity index (χ4n) is 2.98. The number of likely N-dealkylation sites (tertiary alicyclic amines) is 1. The molecule has 0 aromatic carbocycles. The molecule has 2 heterocycles. The summed E-state index contributed by atoms with van der Waals surface area (Å²) in [6, 6.07) is -0.0195. The number of amides is 3. The topological polar surface area (TPSA) is 104 Å². The van der Waals surface area contributed by atoms with Crippen molar-refractivity contribution in [2.45, 2.75) is 52.5 Å². The number of hydrogen-bond acceptors (Lipinski definition) is 5. The van der Waals surface area contributed by atoms with E-state index in [0.29, 0.717) is 25.9 Å². The maximum absolute atomic E-state index is 12.7. The molecule has 0 spiro atoms. The fraction of sp³-hybridized carbons (Fsp3) is 0.632.